The molecule has 8 heteroatoms. The van der Waals surface area contributed by atoms with E-state index in [9.17, 15) is 9.59 Å². The molecule has 0 atom stereocenters. The second-order valence-corrected chi connectivity index (χ2v) is 9.15. The monoisotopic (exact) mass is 471 g/mol. The van der Waals surface area contributed by atoms with Gasteiger partial charge in [-0.25, -0.2) is 0 Å². The first-order valence-electron chi connectivity index (χ1n) is 11.8. The van der Waals surface area contributed by atoms with Crippen LogP contribution in [0, 0.1) is 5.92 Å². The molecule has 0 saturated carbocycles. The molecule has 7 nitrogen and oxygen atoms in total. The van der Waals surface area contributed by atoms with Gasteiger partial charge in [-0.15, -0.1) is 10.2 Å². The highest BCUT2D eigenvalue weighted by Gasteiger charge is 2.25. The first kappa shape index (κ1) is 25.0. The van der Waals surface area contributed by atoms with E-state index in [0.29, 0.717) is 31.2 Å². The van der Waals surface area contributed by atoms with Gasteiger partial charge in [0.1, 0.15) is 0 Å². The molecule has 0 radical (unpaired) electrons. The molecule has 1 aromatic carbocycles. The lowest BCUT2D eigenvalue weighted by atomic mass is 10.1. The molecule has 1 aromatic heterocycles. The molecule has 0 unspecified atom stereocenters. The number of hydrogen-bond acceptors (Lipinski definition) is 5. The van der Waals surface area contributed by atoms with Crippen LogP contribution in [0.25, 0.3) is 11.3 Å². The van der Waals surface area contributed by atoms with Gasteiger partial charge in [-0.1, -0.05) is 57.0 Å². The zero-order valence-electron chi connectivity index (χ0n) is 19.8. The SMILES string of the molecule is CCCCN(CC(=O)N1CCCN(c2ccc(-c3ccccc3Cl)nn2)CC1)C(=O)C(C)C. The molecule has 2 aromatic rings. The first-order chi connectivity index (χ1) is 15.9. The van der Waals surface area contributed by atoms with Crippen molar-refractivity contribution in [1.29, 1.82) is 0 Å². The number of hydrogen-bond donors (Lipinski definition) is 0. The molecule has 0 N–H and O–H groups in total. The molecule has 0 bridgehead atoms. The van der Waals surface area contributed by atoms with Crippen molar-refractivity contribution in [1.82, 2.24) is 20.0 Å². The lowest BCUT2D eigenvalue weighted by Crippen LogP contribution is -2.45. The van der Waals surface area contributed by atoms with Gasteiger partial charge in [-0.2, -0.15) is 0 Å². The van der Waals surface area contributed by atoms with Crippen LogP contribution in [0.4, 0.5) is 5.82 Å². The van der Waals surface area contributed by atoms with Gasteiger partial charge in [0.15, 0.2) is 5.82 Å². The van der Waals surface area contributed by atoms with E-state index in [0.717, 1.165) is 42.9 Å². The molecule has 3 rings (SSSR count). The van der Waals surface area contributed by atoms with Crippen LogP contribution in [0.3, 0.4) is 0 Å². The van der Waals surface area contributed by atoms with Crippen molar-refractivity contribution in [3.05, 3.63) is 41.4 Å². The largest absolute Gasteiger partial charge is 0.353 e. The van der Waals surface area contributed by atoms with Crippen molar-refractivity contribution in [3.8, 4) is 11.3 Å². The Labute approximate surface area is 201 Å². The summed E-state index contributed by atoms with van der Waals surface area (Å²) in [5, 5.41) is 9.44. The lowest BCUT2D eigenvalue weighted by molar-refractivity contribution is -0.142. The third-order valence-electron chi connectivity index (χ3n) is 5.89. The summed E-state index contributed by atoms with van der Waals surface area (Å²) in [5.74, 6) is 0.741. The third-order valence-corrected chi connectivity index (χ3v) is 6.22. The second kappa shape index (κ2) is 12.0. The minimum Gasteiger partial charge on any atom is -0.353 e. The molecule has 1 aliphatic rings. The summed E-state index contributed by atoms with van der Waals surface area (Å²) in [6, 6.07) is 11.5. The topological polar surface area (TPSA) is 69.6 Å². The van der Waals surface area contributed by atoms with Gasteiger partial charge in [0.05, 0.1) is 17.3 Å². The normalized spacial score (nSPS) is 14.3. The molecule has 2 heterocycles. The van der Waals surface area contributed by atoms with Crippen LogP contribution in [0.5, 0.6) is 0 Å². The number of halogens is 1. The van der Waals surface area contributed by atoms with Gasteiger partial charge in [0, 0.05) is 44.2 Å². The van der Waals surface area contributed by atoms with Crippen LogP contribution in [0.2, 0.25) is 5.02 Å². The van der Waals surface area contributed by atoms with Gasteiger partial charge in [0.2, 0.25) is 11.8 Å². The predicted octanol–water partition coefficient (Wildman–Crippen LogP) is 4.12. The van der Waals surface area contributed by atoms with Crippen LogP contribution in [-0.2, 0) is 9.59 Å². The molecule has 33 heavy (non-hydrogen) atoms. The highest BCUT2D eigenvalue weighted by Crippen LogP contribution is 2.26. The summed E-state index contributed by atoms with van der Waals surface area (Å²) in [6.45, 7) is 9.40. The molecular weight excluding hydrogens is 438 g/mol. The Kier molecular flexibility index (Phi) is 9.06. The summed E-state index contributed by atoms with van der Waals surface area (Å²) in [7, 11) is 0. The highest BCUT2D eigenvalue weighted by atomic mass is 35.5. The van der Waals surface area contributed by atoms with Gasteiger partial charge in [0.25, 0.3) is 0 Å². The second-order valence-electron chi connectivity index (χ2n) is 8.75. The number of rotatable bonds is 8. The van der Waals surface area contributed by atoms with E-state index in [-0.39, 0.29) is 24.3 Å². The average molecular weight is 472 g/mol. The average Bonchev–Trinajstić information content (AvgIpc) is 3.08. The van der Waals surface area contributed by atoms with E-state index in [1.54, 1.807) is 4.90 Å². The van der Waals surface area contributed by atoms with Crippen LogP contribution in [-0.4, -0.2) is 71.1 Å². The molecule has 1 aliphatic heterocycles. The maximum atomic E-state index is 13.0. The molecule has 0 aliphatic carbocycles. The third kappa shape index (κ3) is 6.67. The lowest BCUT2D eigenvalue weighted by Gasteiger charge is -2.28. The smallest absolute Gasteiger partial charge is 0.242 e. The Morgan fingerprint density at radius 2 is 1.85 bits per heavy atom. The number of carbonyl (C=O) groups excluding carboxylic acids is 2. The summed E-state index contributed by atoms with van der Waals surface area (Å²) >= 11 is 6.27. The fourth-order valence-corrected chi connectivity index (χ4v) is 4.18. The molecule has 1 fully saturated rings. The van der Waals surface area contributed by atoms with Crippen LogP contribution in [0.1, 0.15) is 40.0 Å². The molecular formula is C25H34ClN5O2. The quantitative estimate of drug-likeness (QED) is 0.579. The maximum Gasteiger partial charge on any atom is 0.242 e. The number of benzene rings is 1. The van der Waals surface area contributed by atoms with Crippen LogP contribution in [0.15, 0.2) is 36.4 Å². The number of amides is 2. The van der Waals surface area contributed by atoms with Gasteiger partial charge >= 0.3 is 0 Å². The Morgan fingerprint density at radius 1 is 1.06 bits per heavy atom. The van der Waals surface area contributed by atoms with E-state index in [1.165, 1.54) is 0 Å². The fourth-order valence-electron chi connectivity index (χ4n) is 3.95. The Morgan fingerprint density at radius 3 is 2.52 bits per heavy atom. The number of nitrogens with zero attached hydrogens (tertiary/aromatic N) is 5. The number of carbonyl (C=O) groups is 2. The summed E-state index contributed by atoms with van der Waals surface area (Å²) in [4.78, 5) is 31.3. The minimum absolute atomic E-state index is 0.0158. The number of unbranched alkanes of at least 4 members (excludes halogenated alkanes) is 1. The van der Waals surface area contributed by atoms with Crippen molar-refractivity contribution in [2.24, 2.45) is 5.92 Å². The van der Waals surface area contributed by atoms with Crippen LogP contribution < -0.4 is 4.90 Å². The van der Waals surface area contributed by atoms with E-state index in [4.69, 9.17) is 11.6 Å². The number of aromatic nitrogens is 2. The van der Waals surface area contributed by atoms with Gasteiger partial charge in [-0.3, -0.25) is 9.59 Å². The summed E-state index contributed by atoms with van der Waals surface area (Å²) < 4.78 is 0. The maximum absolute atomic E-state index is 13.0. The highest BCUT2D eigenvalue weighted by molar-refractivity contribution is 6.33. The zero-order chi connectivity index (χ0) is 23.8. The van der Waals surface area contributed by atoms with Gasteiger partial charge in [-0.05, 0) is 31.0 Å². The Bertz CT molecular complexity index is 935. The van der Waals surface area contributed by atoms with Crippen molar-refractivity contribution in [3.63, 3.8) is 0 Å². The van der Waals surface area contributed by atoms with Crippen LogP contribution >= 0.6 is 11.6 Å². The summed E-state index contributed by atoms with van der Waals surface area (Å²) in [5.41, 5.74) is 1.59. The van der Waals surface area contributed by atoms with Crippen molar-refractivity contribution >= 4 is 29.2 Å². The molecule has 2 amide bonds. The minimum atomic E-state index is -0.110. The van der Waals surface area contributed by atoms with E-state index in [1.807, 2.05) is 55.1 Å². The predicted molar refractivity (Wildman–Crippen MR) is 132 cm³/mol. The standard InChI is InChI=1S/C25H34ClN5O2/c1-4-5-13-31(25(33)19(2)3)18-24(32)30-15-8-14-29(16-17-30)23-12-11-22(27-28-23)20-9-6-7-10-21(20)26/h6-7,9-12,19H,4-5,8,13-18H2,1-3H3. The van der Waals surface area contributed by atoms with Crippen molar-refractivity contribution in [2.75, 3.05) is 44.2 Å². The molecule has 178 valence electrons. The fraction of sp³-hybridized carbons (Fsp3) is 0.520. The van der Waals surface area contributed by atoms with E-state index >= 15 is 0 Å². The van der Waals surface area contributed by atoms with Crippen molar-refractivity contribution in [2.45, 2.75) is 40.0 Å². The molecule has 0 spiro atoms. The summed E-state index contributed by atoms with van der Waals surface area (Å²) in [6.07, 6.45) is 2.74. The van der Waals surface area contributed by atoms with E-state index < -0.39 is 0 Å². The van der Waals surface area contributed by atoms with Gasteiger partial charge < -0.3 is 14.7 Å². The Hall–Kier alpha value is -2.67. The van der Waals surface area contributed by atoms with Crippen molar-refractivity contribution < 1.29 is 9.59 Å². The Balaban J connectivity index is 1.61. The molecule has 1 saturated heterocycles. The number of anilines is 1. The first-order valence-corrected chi connectivity index (χ1v) is 12.2. The van der Waals surface area contributed by atoms with E-state index in [2.05, 4.69) is 22.0 Å². The zero-order valence-corrected chi connectivity index (χ0v) is 20.6.